The van der Waals surface area contributed by atoms with Crippen LogP contribution in [0.3, 0.4) is 0 Å². The molecule has 0 spiro atoms. The predicted molar refractivity (Wildman–Crippen MR) is 94.6 cm³/mol. The lowest BCUT2D eigenvalue weighted by Gasteiger charge is -2.47. The molecule has 0 aliphatic carbocycles. The standard InChI is InChI=1S/C20H22F2N2O4/c1-20(2,3)28-19(26)24-13-4-11(5-14(24)10-27-9-13)18(25)15-7-17(22)16(21)6-12(15)8-23/h6-7,11,13-14H,4-5,9-10H2,1-3H3. The van der Waals surface area contributed by atoms with E-state index in [-0.39, 0.29) is 36.4 Å². The monoisotopic (exact) mass is 392 g/mol. The molecule has 3 rings (SSSR count). The fourth-order valence-corrected chi connectivity index (χ4v) is 3.81. The average Bonchev–Trinajstić information content (AvgIpc) is 2.60. The van der Waals surface area contributed by atoms with E-state index in [0.29, 0.717) is 12.8 Å². The fraction of sp³-hybridized carbons (Fsp3) is 0.550. The number of piperidine rings is 1. The number of ether oxygens (including phenoxy) is 2. The number of nitriles is 1. The van der Waals surface area contributed by atoms with E-state index in [1.807, 2.05) is 0 Å². The first-order chi connectivity index (χ1) is 13.1. The number of morpholine rings is 1. The lowest BCUT2D eigenvalue weighted by Crippen LogP contribution is -2.60. The number of hydrogen-bond donors (Lipinski definition) is 0. The number of ketones is 1. The Hall–Kier alpha value is -2.53. The molecule has 0 N–H and O–H groups in total. The van der Waals surface area contributed by atoms with Crippen molar-refractivity contribution >= 4 is 11.9 Å². The van der Waals surface area contributed by atoms with Gasteiger partial charge in [0.25, 0.3) is 0 Å². The highest BCUT2D eigenvalue weighted by Crippen LogP contribution is 2.35. The molecule has 2 bridgehead atoms. The van der Waals surface area contributed by atoms with Gasteiger partial charge in [-0.3, -0.25) is 9.69 Å². The Bertz CT molecular complexity index is 830. The van der Waals surface area contributed by atoms with Crippen LogP contribution in [0.2, 0.25) is 0 Å². The number of rotatable bonds is 2. The number of hydrogen-bond acceptors (Lipinski definition) is 5. The Morgan fingerprint density at radius 2 is 1.75 bits per heavy atom. The third kappa shape index (κ3) is 3.99. The molecule has 150 valence electrons. The van der Waals surface area contributed by atoms with Crippen molar-refractivity contribution in [3.05, 3.63) is 34.9 Å². The minimum atomic E-state index is -1.17. The minimum Gasteiger partial charge on any atom is -0.444 e. The van der Waals surface area contributed by atoms with Gasteiger partial charge in [0.05, 0.1) is 36.9 Å². The number of halogens is 2. The van der Waals surface area contributed by atoms with Crippen LogP contribution in [0.4, 0.5) is 13.6 Å². The highest BCUT2D eigenvalue weighted by Gasteiger charge is 2.45. The third-order valence-corrected chi connectivity index (χ3v) is 4.94. The first-order valence-electron chi connectivity index (χ1n) is 9.13. The second-order valence-electron chi connectivity index (χ2n) is 8.19. The van der Waals surface area contributed by atoms with Crippen molar-refractivity contribution in [1.29, 1.82) is 5.26 Å². The summed E-state index contributed by atoms with van der Waals surface area (Å²) in [5.74, 6) is -3.28. The molecule has 2 fully saturated rings. The Morgan fingerprint density at radius 1 is 1.18 bits per heavy atom. The summed E-state index contributed by atoms with van der Waals surface area (Å²) in [6.07, 6.45) is 0.152. The maximum absolute atomic E-state index is 13.7. The van der Waals surface area contributed by atoms with Gasteiger partial charge in [0, 0.05) is 11.5 Å². The van der Waals surface area contributed by atoms with Crippen molar-refractivity contribution in [3.8, 4) is 6.07 Å². The molecule has 2 atom stereocenters. The molecule has 1 aromatic carbocycles. The SMILES string of the molecule is CC(C)(C)OC(=O)N1C2COCC1CC(C(=O)c1cc(F)c(F)cc1C#N)C2. The molecule has 2 aliphatic rings. The van der Waals surface area contributed by atoms with Crippen LogP contribution in [0.5, 0.6) is 0 Å². The maximum Gasteiger partial charge on any atom is 0.410 e. The number of carbonyl (C=O) groups is 2. The summed E-state index contributed by atoms with van der Waals surface area (Å²) in [7, 11) is 0. The van der Waals surface area contributed by atoms with E-state index in [1.54, 1.807) is 31.7 Å². The molecular weight excluding hydrogens is 370 g/mol. The summed E-state index contributed by atoms with van der Waals surface area (Å²) in [6.45, 7) is 5.87. The van der Waals surface area contributed by atoms with Crippen LogP contribution in [0.1, 0.15) is 49.5 Å². The highest BCUT2D eigenvalue weighted by molar-refractivity contribution is 6.00. The number of benzene rings is 1. The van der Waals surface area contributed by atoms with E-state index < -0.39 is 35.0 Å². The number of Topliss-reactive ketones (excluding diaryl/α,β-unsaturated/α-hetero) is 1. The summed E-state index contributed by atoms with van der Waals surface area (Å²) in [5, 5.41) is 9.18. The largest absolute Gasteiger partial charge is 0.444 e. The first-order valence-corrected chi connectivity index (χ1v) is 9.13. The van der Waals surface area contributed by atoms with Crippen molar-refractivity contribution < 1.29 is 27.8 Å². The third-order valence-electron chi connectivity index (χ3n) is 4.94. The first kappa shape index (κ1) is 20.2. The molecule has 0 aromatic heterocycles. The van der Waals surface area contributed by atoms with Crippen LogP contribution in [0, 0.1) is 28.9 Å². The van der Waals surface area contributed by atoms with Crippen molar-refractivity contribution in [3.63, 3.8) is 0 Å². The van der Waals surface area contributed by atoms with Crippen molar-refractivity contribution in [2.75, 3.05) is 13.2 Å². The van der Waals surface area contributed by atoms with Gasteiger partial charge in [-0.05, 0) is 45.7 Å². The lowest BCUT2D eigenvalue weighted by molar-refractivity contribution is -0.0861. The normalized spacial score (nSPS) is 24.4. The van der Waals surface area contributed by atoms with Crippen molar-refractivity contribution in [2.24, 2.45) is 5.92 Å². The average molecular weight is 392 g/mol. The van der Waals surface area contributed by atoms with Crippen LogP contribution in [0.15, 0.2) is 12.1 Å². The second-order valence-corrected chi connectivity index (χ2v) is 8.19. The molecule has 2 aliphatic heterocycles. The molecule has 1 amide bonds. The summed E-state index contributed by atoms with van der Waals surface area (Å²) in [4.78, 5) is 27.2. The second kappa shape index (κ2) is 7.47. The summed E-state index contributed by atoms with van der Waals surface area (Å²) < 4.78 is 38.1. The number of carbonyl (C=O) groups excluding carboxylic acids is 2. The zero-order valence-electron chi connectivity index (χ0n) is 16.0. The topological polar surface area (TPSA) is 79.6 Å². The lowest BCUT2D eigenvalue weighted by atomic mass is 9.80. The van der Waals surface area contributed by atoms with Gasteiger partial charge in [-0.1, -0.05) is 0 Å². The molecular formula is C20H22F2N2O4. The molecule has 8 heteroatoms. The highest BCUT2D eigenvalue weighted by atomic mass is 19.2. The van der Waals surface area contributed by atoms with E-state index in [1.165, 1.54) is 0 Å². The van der Waals surface area contributed by atoms with Crippen LogP contribution < -0.4 is 0 Å². The molecule has 2 unspecified atom stereocenters. The van der Waals surface area contributed by atoms with Crippen LogP contribution in [-0.2, 0) is 9.47 Å². The zero-order valence-corrected chi connectivity index (χ0v) is 16.0. The Balaban J connectivity index is 1.83. The molecule has 2 saturated heterocycles. The van der Waals surface area contributed by atoms with E-state index in [2.05, 4.69) is 0 Å². The van der Waals surface area contributed by atoms with Gasteiger partial charge in [-0.15, -0.1) is 0 Å². The molecule has 0 radical (unpaired) electrons. The van der Waals surface area contributed by atoms with E-state index >= 15 is 0 Å². The van der Waals surface area contributed by atoms with Gasteiger partial charge >= 0.3 is 6.09 Å². The molecule has 6 nitrogen and oxygen atoms in total. The van der Waals surface area contributed by atoms with Crippen LogP contribution >= 0.6 is 0 Å². The van der Waals surface area contributed by atoms with E-state index in [0.717, 1.165) is 12.1 Å². The smallest absolute Gasteiger partial charge is 0.410 e. The van der Waals surface area contributed by atoms with Crippen molar-refractivity contribution in [2.45, 2.75) is 51.3 Å². The van der Waals surface area contributed by atoms with Crippen molar-refractivity contribution in [1.82, 2.24) is 4.90 Å². The fourth-order valence-electron chi connectivity index (χ4n) is 3.81. The summed E-state index contributed by atoms with van der Waals surface area (Å²) in [6, 6.07) is 2.56. The molecule has 28 heavy (non-hydrogen) atoms. The van der Waals surface area contributed by atoms with Gasteiger partial charge in [-0.2, -0.15) is 5.26 Å². The minimum absolute atomic E-state index is 0.129. The predicted octanol–water partition coefficient (Wildman–Crippen LogP) is 3.43. The summed E-state index contributed by atoms with van der Waals surface area (Å²) in [5.41, 5.74) is -0.970. The molecule has 2 heterocycles. The number of amides is 1. The summed E-state index contributed by atoms with van der Waals surface area (Å²) >= 11 is 0. The maximum atomic E-state index is 13.7. The quantitative estimate of drug-likeness (QED) is 0.721. The van der Waals surface area contributed by atoms with Gasteiger partial charge in [-0.25, -0.2) is 13.6 Å². The number of fused-ring (bicyclic) bond motifs is 2. The van der Waals surface area contributed by atoms with E-state index in [9.17, 15) is 23.6 Å². The number of nitrogens with zero attached hydrogens (tertiary/aromatic N) is 2. The zero-order chi connectivity index (χ0) is 20.6. The van der Waals surface area contributed by atoms with Gasteiger partial charge in [0.15, 0.2) is 17.4 Å². The Kier molecular flexibility index (Phi) is 5.39. The Morgan fingerprint density at radius 3 is 2.29 bits per heavy atom. The van der Waals surface area contributed by atoms with Gasteiger partial charge in [0.2, 0.25) is 0 Å². The Labute approximate surface area is 162 Å². The van der Waals surface area contributed by atoms with E-state index in [4.69, 9.17) is 9.47 Å². The van der Waals surface area contributed by atoms with Crippen LogP contribution in [0.25, 0.3) is 0 Å². The van der Waals surface area contributed by atoms with Crippen LogP contribution in [-0.4, -0.2) is 47.7 Å². The molecule has 1 aromatic rings. The van der Waals surface area contributed by atoms with Gasteiger partial charge in [0.1, 0.15) is 5.60 Å². The molecule has 0 saturated carbocycles. The van der Waals surface area contributed by atoms with Gasteiger partial charge < -0.3 is 9.47 Å².